The van der Waals surface area contributed by atoms with Gasteiger partial charge in [0.05, 0.1) is 7.11 Å². The molecule has 0 aliphatic carbocycles. The van der Waals surface area contributed by atoms with E-state index < -0.39 is 34.7 Å². The first kappa shape index (κ1) is 21.2. The van der Waals surface area contributed by atoms with Crippen LogP contribution < -0.4 is 10.1 Å². The van der Waals surface area contributed by atoms with Crippen molar-refractivity contribution in [1.29, 1.82) is 0 Å². The van der Waals surface area contributed by atoms with E-state index in [2.05, 4.69) is 10.3 Å². The molecule has 1 N–H and O–H groups in total. The van der Waals surface area contributed by atoms with E-state index in [1.165, 1.54) is 29.8 Å². The maximum absolute atomic E-state index is 13.5. The largest absolute Gasteiger partial charge is 0.479 e. The molecule has 1 aliphatic rings. The van der Waals surface area contributed by atoms with E-state index in [0.29, 0.717) is 5.69 Å². The highest BCUT2D eigenvalue weighted by Crippen LogP contribution is 2.33. The average Bonchev–Trinajstić information content (AvgIpc) is 3.13. The molecule has 1 fully saturated rings. The molecular formula is C20H20F2N4O4S. The third kappa shape index (κ3) is 4.10. The first-order valence-electron chi connectivity index (χ1n) is 9.52. The Morgan fingerprint density at radius 2 is 1.84 bits per heavy atom. The molecule has 0 saturated carbocycles. The fraction of sp³-hybridized carbons (Fsp3) is 0.300. The molecule has 0 atom stereocenters. The highest BCUT2D eigenvalue weighted by Gasteiger charge is 2.41. The van der Waals surface area contributed by atoms with Gasteiger partial charge in [0, 0.05) is 43.4 Å². The molecule has 8 nitrogen and oxygen atoms in total. The molecule has 3 aromatic rings. The zero-order chi connectivity index (χ0) is 22.2. The molecule has 1 aromatic carbocycles. The number of pyridine rings is 1. The van der Waals surface area contributed by atoms with E-state index in [1.807, 2.05) is 6.07 Å². The summed E-state index contributed by atoms with van der Waals surface area (Å²) in [6.07, 6.45) is 0.306. The highest BCUT2D eigenvalue weighted by atomic mass is 32.2. The lowest BCUT2D eigenvalue weighted by molar-refractivity contribution is -0.0412. The zero-order valence-electron chi connectivity index (χ0n) is 16.6. The molecule has 3 heterocycles. The molecule has 0 unspecified atom stereocenters. The number of nitrogens with one attached hydrogen (secondary N) is 1. The van der Waals surface area contributed by atoms with Crippen molar-refractivity contribution in [2.45, 2.75) is 23.8 Å². The minimum absolute atomic E-state index is 0.169. The number of piperidine rings is 1. The number of hydrogen-bond donors (Lipinski definition) is 1. The lowest BCUT2D eigenvalue weighted by Gasteiger charge is -2.30. The maximum Gasteiger partial charge on any atom is 0.264 e. The predicted molar refractivity (Wildman–Crippen MR) is 109 cm³/mol. The number of imidazole rings is 1. The van der Waals surface area contributed by atoms with Crippen LogP contribution in [0.5, 0.6) is 5.88 Å². The number of ether oxygens (including phenoxy) is 1. The number of aromatic nitrogens is 2. The van der Waals surface area contributed by atoms with Crippen molar-refractivity contribution in [2.24, 2.45) is 0 Å². The predicted octanol–water partition coefficient (Wildman–Crippen LogP) is 3.02. The number of alkyl halides is 2. The fourth-order valence-electron chi connectivity index (χ4n) is 3.41. The van der Waals surface area contributed by atoms with Crippen molar-refractivity contribution in [3.8, 4) is 5.88 Å². The number of anilines is 1. The normalized spacial score (nSPS) is 16.9. The van der Waals surface area contributed by atoms with E-state index in [-0.39, 0.29) is 35.2 Å². The van der Waals surface area contributed by atoms with Gasteiger partial charge in [-0.3, -0.25) is 9.20 Å². The highest BCUT2D eigenvalue weighted by molar-refractivity contribution is 7.89. The van der Waals surface area contributed by atoms with Gasteiger partial charge in [-0.1, -0.05) is 18.2 Å². The van der Waals surface area contributed by atoms with Crippen molar-refractivity contribution < 1.29 is 26.7 Å². The standard InChI is InChI=1S/C20H20F2N4O4S/c1-30-18-19(31(28,29)25-11-8-20(21,22)9-12-25)26-10-7-14(13-16(26)24-18)17(27)23-15-5-3-2-4-6-15/h2-7,10,13H,8-9,11-12H2,1H3,(H,23,27). The van der Waals surface area contributed by atoms with Crippen LogP contribution in [0.1, 0.15) is 23.2 Å². The summed E-state index contributed by atoms with van der Waals surface area (Å²) in [6, 6.07) is 11.8. The van der Waals surface area contributed by atoms with E-state index in [4.69, 9.17) is 4.74 Å². The Bertz CT molecular complexity index is 1220. The van der Waals surface area contributed by atoms with Gasteiger partial charge in [0.2, 0.25) is 5.03 Å². The molecule has 0 spiro atoms. The number of benzene rings is 1. The second-order valence-electron chi connectivity index (χ2n) is 7.15. The summed E-state index contributed by atoms with van der Waals surface area (Å²) in [5.74, 6) is -3.44. The smallest absolute Gasteiger partial charge is 0.264 e. The molecule has 2 aromatic heterocycles. The Morgan fingerprint density at radius 3 is 2.48 bits per heavy atom. The Hall–Kier alpha value is -3.05. The number of carbonyl (C=O) groups excluding carboxylic acids is 1. The molecule has 1 aliphatic heterocycles. The number of hydrogen-bond acceptors (Lipinski definition) is 5. The van der Waals surface area contributed by atoms with Gasteiger partial charge in [0.1, 0.15) is 5.65 Å². The second-order valence-corrected chi connectivity index (χ2v) is 9.00. The van der Waals surface area contributed by atoms with Gasteiger partial charge in [-0.15, -0.1) is 0 Å². The van der Waals surface area contributed by atoms with Crippen LogP contribution in [-0.2, 0) is 10.0 Å². The van der Waals surface area contributed by atoms with Gasteiger partial charge in [0.25, 0.3) is 27.7 Å². The fourth-order valence-corrected chi connectivity index (χ4v) is 5.07. The van der Waals surface area contributed by atoms with E-state index >= 15 is 0 Å². The number of halogens is 2. The monoisotopic (exact) mass is 450 g/mol. The number of carbonyl (C=O) groups is 1. The quantitative estimate of drug-likeness (QED) is 0.645. The number of rotatable bonds is 5. The maximum atomic E-state index is 13.5. The first-order valence-corrected chi connectivity index (χ1v) is 11.0. The Morgan fingerprint density at radius 1 is 1.16 bits per heavy atom. The van der Waals surface area contributed by atoms with Crippen LogP contribution in [0.15, 0.2) is 53.7 Å². The van der Waals surface area contributed by atoms with Crippen LogP contribution in [-0.4, -0.2) is 54.1 Å². The number of nitrogens with zero attached hydrogens (tertiary/aromatic N) is 3. The topological polar surface area (TPSA) is 93.0 Å². The van der Waals surface area contributed by atoms with E-state index in [9.17, 15) is 22.0 Å². The van der Waals surface area contributed by atoms with Crippen LogP contribution >= 0.6 is 0 Å². The summed E-state index contributed by atoms with van der Waals surface area (Å²) in [4.78, 5) is 16.7. The van der Waals surface area contributed by atoms with Crippen molar-refractivity contribution >= 4 is 27.3 Å². The molecule has 1 saturated heterocycles. The third-order valence-electron chi connectivity index (χ3n) is 5.08. The SMILES string of the molecule is COc1nc2cc(C(=O)Nc3ccccc3)ccn2c1S(=O)(=O)N1CCC(F)(F)CC1. The Balaban J connectivity index is 1.68. The summed E-state index contributed by atoms with van der Waals surface area (Å²) < 4.78 is 60.8. The Kier molecular flexibility index (Phi) is 5.40. The van der Waals surface area contributed by atoms with Gasteiger partial charge < -0.3 is 10.1 Å². The molecule has 31 heavy (non-hydrogen) atoms. The molecule has 0 bridgehead atoms. The van der Waals surface area contributed by atoms with Crippen LogP contribution in [0.4, 0.5) is 14.5 Å². The van der Waals surface area contributed by atoms with Crippen LogP contribution in [0.25, 0.3) is 5.65 Å². The minimum atomic E-state index is -4.14. The van der Waals surface area contributed by atoms with E-state index in [0.717, 1.165) is 4.31 Å². The van der Waals surface area contributed by atoms with Crippen molar-refractivity contribution in [3.63, 3.8) is 0 Å². The van der Waals surface area contributed by atoms with Crippen LogP contribution in [0, 0.1) is 0 Å². The molecule has 0 radical (unpaired) electrons. The van der Waals surface area contributed by atoms with Gasteiger partial charge in [-0.25, -0.2) is 17.2 Å². The molecule has 4 rings (SSSR count). The molecule has 1 amide bonds. The zero-order valence-corrected chi connectivity index (χ0v) is 17.4. The molecular weight excluding hydrogens is 430 g/mol. The first-order chi connectivity index (χ1) is 14.7. The molecule has 164 valence electrons. The van der Waals surface area contributed by atoms with Crippen molar-refractivity contribution in [1.82, 2.24) is 13.7 Å². The van der Waals surface area contributed by atoms with Gasteiger partial charge in [-0.2, -0.15) is 9.29 Å². The third-order valence-corrected chi connectivity index (χ3v) is 6.98. The van der Waals surface area contributed by atoms with Crippen LogP contribution in [0.3, 0.4) is 0 Å². The summed E-state index contributed by atoms with van der Waals surface area (Å²) in [6.45, 7) is -0.605. The second kappa shape index (κ2) is 7.89. The lowest BCUT2D eigenvalue weighted by atomic mass is 10.1. The van der Waals surface area contributed by atoms with Gasteiger partial charge in [-0.05, 0) is 24.3 Å². The van der Waals surface area contributed by atoms with Gasteiger partial charge in [0.15, 0.2) is 0 Å². The van der Waals surface area contributed by atoms with Crippen LogP contribution in [0.2, 0.25) is 0 Å². The Labute approximate surface area is 177 Å². The summed E-state index contributed by atoms with van der Waals surface area (Å²) in [5.41, 5.74) is 1.06. The minimum Gasteiger partial charge on any atom is -0.479 e. The number of para-hydroxylation sites is 1. The lowest BCUT2D eigenvalue weighted by Crippen LogP contribution is -2.43. The summed E-state index contributed by atoms with van der Waals surface area (Å²) in [5, 5.41) is 2.48. The summed E-state index contributed by atoms with van der Waals surface area (Å²) in [7, 11) is -2.87. The van der Waals surface area contributed by atoms with Crippen molar-refractivity contribution in [2.75, 3.05) is 25.5 Å². The summed E-state index contributed by atoms with van der Waals surface area (Å²) >= 11 is 0. The number of amides is 1. The number of fused-ring (bicyclic) bond motifs is 1. The average molecular weight is 450 g/mol. The number of methoxy groups -OCH3 is 1. The number of sulfonamides is 1. The van der Waals surface area contributed by atoms with Crippen molar-refractivity contribution in [3.05, 3.63) is 54.2 Å². The van der Waals surface area contributed by atoms with E-state index in [1.54, 1.807) is 24.3 Å². The molecule has 11 heteroatoms. The van der Waals surface area contributed by atoms with Gasteiger partial charge >= 0.3 is 0 Å².